The van der Waals surface area contributed by atoms with Crippen molar-refractivity contribution < 1.29 is 9.47 Å². The van der Waals surface area contributed by atoms with E-state index in [1.54, 1.807) is 0 Å². The molecule has 4 rings (SSSR count). The lowest BCUT2D eigenvalue weighted by Gasteiger charge is -2.22. The summed E-state index contributed by atoms with van der Waals surface area (Å²) < 4.78 is 11.1. The minimum atomic E-state index is 0.284. The maximum atomic E-state index is 6.26. The number of hydrogen-bond donors (Lipinski definition) is 1. The van der Waals surface area contributed by atoms with Crippen molar-refractivity contribution in [3.05, 3.63) is 94.0 Å². The molecule has 1 N–H and O–H groups in total. The van der Waals surface area contributed by atoms with Gasteiger partial charge in [-0.05, 0) is 35.7 Å². The van der Waals surface area contributed by atoms with Crippen molar-refractivity contribution in [2.75, 3.05) is 12.1 Å². The fourth-order valence-electron chi connectivity index (χ4n) is 3.24. The van der Waals surface area contributed by atoms with E-state index in [-0.39, 0.29) is 6.79 Å². The van der Waals surface area contributed by atoms with Gasteiger partial charge in [-0.25, -0.2) is 0 Å². The zero-order valence-corrected chi connectivity index (χ0v) is 15.1. The van der Waals surface area contributed by atoms with Crippen molar-refractivity contribution in [2.45, 2.75) is 19.6 Å². The number of rotatable bonds is 5. The Balaban J connectivity index is 1.55. The second-order valence-corrected chi connectivity index (χ2v) is 6.77. The van der Waals surface area contributed by atoms with Crippen LogP contribution >= 0.6 is 11.6 Å². The molecule has 3 nitrogen and oxygen atoms in total. The van der Waals surface area contributed by atoms with Gasteiger partial charge in [-0.3, -0.25) is 0 Å². The van der Waals surface area contributed by atoms with E-state index in [1.165, 1.54) is 11.1 Å². The molecule has 3 aromatic rings. The van der Waals surface area contributed by atoms with Gasteiger partial charge in [-0.1, -0.05) is 60.1 Å². The molecule has 0 fully saturated rings. The average molecular weight is 366 g/mol. The Labute approximate surface area is 158 Å². The summed E-state index contributed by atoms with van der Waals surface area (Å²) in [4.78, 5) is 0. The first-order chi connectivity index (χ1) is 12.8. The number of fused-ring (bicyclic) bond motifs is 1. The highest BCUT2D eigenvalue weighted by Gasteiger charge is 2.16. The van der Waals surface area contributed by atoms with Crippen molar-refractivity contribution in [1.29, 1.82) is 0 Å². The fraction of sp³-hybridized carbons (Fsp3) is 0.182. The van der Waals surface area contributed by atoms with E-state index in [0.29, 0.717) is 18.2 Å². The van der Waals surface area contributed by atoms with Gasteiger partial charge in [0.15, 0.2) is 6.79 Å². The lowest BCUT2D eigenvalue weighted by atomic mass is 10.0. The van der Waals surface area contributed by atoms with E-state index in [4.69, 9.17) is 21.1 Å². The molecule has 132 valence electrons. The zero-order valence-electron chi connectivity index (χ0n) is 14.4. The van der Waals surface area contributed by atoms with Crippen LogP contribution in [0.1, 0.15) is 22.3 Å². The molecule has 0 spiro atoms. The van der Waals surface area contributed by atoms with Crippen molar-refractivity contribution in [3.8, 4) is 5.75 Å². The molecule has 26 heavy (non-hydrogen) atoms. The van der Waals surface area contributed by atoms with Crippen LogP contribution in [-0.2, 0) is 24.3 Å². The molecule has 1 aliphatic heterocycles. The van der Waals surface area contributed by atoms with Crippen LogP contribution in [0.2, 0.25) is 5.02 Å². The van der Waals surface area contributed by atoms with Gasteiger partial charge in [0.1, 0.15) is 5.75 Å². The van der Waals surface area contributed by atoms with Gasteiger partial charge in [0.05, 0.1) is 6.61 Å². The van der Waals surface area contributed by atoms with Crippen molar-refractivity contribution >= 4 is 17.3 Å². The molecule has 0 radical (unpaired) electrons. The molecule has 0 amide bonds. The Morgan fingerprint density at radius 2 is 1.73 bits per heavy atom. The highest BCUT2D eigenvalue weighted by Crippen LogP contribution is 2.32. The average Bonchev–Trinajstić information content (AvgIpc) is 2.68. The van der Waals surface area contributed by atoms with Gasteiger partial charge in [0.2, 0.25) is 0 Å². The minimum absolute atomic E-state index is 0.284. The van der Waals surface area contributed by atoms with Crippen molar-refractivity contribution in [2.24, 2.45) is 0 Å². The number of nitrogens with one attached hydrogen (secondary N) is 1. The van der Waals surface area contributed by atoms with Gasteiger partial charge >= 0.3 is 0 Å². The predicted molar refractivity (Wildman–Crippen MR) is 105 cm³/mol. The Kier molecular flexibility index (Phi) is 5.09. The molecule has 0 atom stereocenters. The first-order valence-corrected chi connectivity index (χ1v) is 9.05. The Morgan fingerprint density at radius 1 is 0.923 bits per heavy atom. The maximum Gasteiger partial charge on any atom is 0.189 e. The third-order valence-electron chi connectivity index (χ3n) is 4.48. The van der Waals surface area contributed by atoms with E-state index in [9.17, 15) is 0 Å². The lowest BCUT2D eigenvalue weighted by Crippen LogP contribution is -2.14. The number of para-hydroxylation sites is 1. The number of hydrogen-bond acceptors (Lipinski definition) is 3. The Morgan fingerprint density at radius 3 is 2.62 bits per heavy atom. The molecule has 1 heterocycles. The van der Waals surface area contributed by atoms with Crippen LogP contribution in [0.4, 0.5) is 5.69 Å². The largest absolute Gasteiger partial charge is 0.467 e. The number of anilines is 1. The zero-order chi connectivity index (χ0) is 17.8. The molecular formula is C22H20ClNO2. The van der Waals surface area contributed by atoms with Crippen LogP contribution in [0.5, 0.6) is 5.75 Å². The normalized spacial score (nSPS) is 13.0. The molecule has 0 aliphatic carbocycles. The van der Waals surface area contributed by atoms with E-state index < -0.39 is 0 Å². The van der Waals surface area contributed by atoms with E-state index in [1.807, 2.05) is 18.2 Å². The van der Waals surface area contributed by atoms with Gasteiger partial charge < -0.3 is 14.8 Å². The second-order valence-electron chi connectivity index (χ2n) is 6.34. The molecule has 1 aliphatic rings. The van der Waals surface area contributed by atoms with Crippen LogP contribution in [0.25, 0.3) is 0 Å². The Bertz CT molecular complexity index is 896. The smallest absolute Gasteiger partial charge is 0.189 e. The summed E-state index contributed by atoms with van der Waals surface area (Å²) in [6, 6.07) is 22.7. The minimum Gasteiger partial charge on any atom is -0.467 e. The molecule has 3 aromatic carbocycles. The number of benzene rings is 3. The van der Waals surface area contributed by atoms with Crippen LogP contribution < -0.4 is 10.1 Å². The molecule has 0 saturated heterocycles. The van der Waals surface area contributed by atoms with Crippen LogP contribution in [-0.4, -0.2) is 6.79 Å². The summed E-state index contributed by atoms with van der Waals surface area (Å²) in [5, 5.41) is 4.25. The highest BCUT2D eigenvalue weighted by atomic mass is 35.5. The standard InChI is InChI=1S/C22H20ClNO2/c23-20-11-18(22-19(12-20)14-25-15-26-22)13-24-21-9-5-4-8-17(21)10-16-6-2-1-3-7-16/h1-9,11-12,24H,10,13-15H2. The van der Waals surface area contributed by atoms with E-state index in [0.717, 1.165) is 29.0 Å². The fourth-order valence-corrected chi connectivity index (χ4v) is 3.50. The molecular weight excluding hydrogens is 346 g/mol. The Hall–Kier alpha value is -2.49. The molecule has 0 bridgehead atoms. The van der Waals surface area contributed by atoms with Gasteiger partial charge in [-0.15, -0.1) is 0 Å². The molecule has 0 unspecified atom stereocenters. The summed E-state index contributed by atoms with van der Waals surface area (Å²) in [6.45, 7) is 1.47. The highest BCUT2D eigenvalue weighted by molar-refractivity contribution is 6.30. The number of halogens is 1. The van der Waals surface area contributed by atoms with Crippen LogP contribution in [0, 0.1) is 0 Å². The number of ether oxygens (including phenoxy) is 2. The SMILES string of the molecule is Clc1cc(CNc2ccccc2Cc2ccccc2)c2c(c1)COCO2. The topological polar surface area (TPSA) is 30.5 Å². The van der Waals surface area contributed by atoms with Gasteiger partial charge in [-0.2, -0.15) is 0 Å². The quantitative estimate of drug-likeness (QED) is 0.655. The van der Waals surface area contributed by atoms with Crippen molar-refractivity contribution in [1.82, 2.24) is 0 Å². The predicted octanol–water partition coefficient (Wildman–Crippen LogP) is 5.41. The first-order valence-electron chi connectivity index (χ1n) is 8.67. The van der Waals surface area contributed by atoms with Gasteiger partial charge in [0, 0.05) is 28.4 Å². The monoisotopic (exact) mass is 365 g/mol. The maximum absolute atomic E-state index is 6.26. The third-order valence-corrected chi connectivity index (χ3v) is 4.69. The molecule has 0 aromatic heterocycles. The lowest BCUT2D eigenvalue weighted by molar-refractivity contribution is -0.0169. The molecule has 4 heteroatoms. The summed E-state index contributed by atoms with van der Waals surface area (Å²) in [7, 11) is 0. The van der Waals surface area contributed by atoms with Crippen molar-refractivity contribution in [3.63, 3.8) is 0 Å². The summed E-state index contributed by atoms with van der Waals surface area (Å²) in [5.41, 5.74) is 5.72. The summed E-state index contributed by atoms with van der Waals surface area (Å²) in [5.74, 6) is 0.883. The van der Waals surface area contributed by atoms with Crippen LogP contribution in [0.3, 0.4) is 0 Å². The third kappa shape index (κ3) is 3.85. The molecule has 0 saturated carbocycles. The summed E-state index contributed by atoms with van der Waals surface area (Å²) >= 11 is 6.26. The first kappa shape index (κ1) is 17.0. The van der Waals surface area contributed by atoms with Crippen LogP contribution in [0.15, 0.2) is 66.7 Å². The van der Waals surface area contributed by atoms with E-state index >= 15 is 0 Å². The second kappa shape index (κ2) is 7.81. The van der Waals surface area contributed by atoms with Gasteiger partial charge in [0.25, 0.3) is 0 Å². The summed E-state index contributed by atoms with van der Waals surface area (Å²) in [6.07, 6.45) is 0.891. The van der Waals surface area contributed by atoms with E-state index in [2.05, 4.69) is 53.8 Å².